The molecule has 0 atom stereocenters. The maximum absolute atomic E-state index is 13.1. The number of rotatable bonds is 4. The van der Waals surface area contributed by atoms with Gasteiger partial charge in [-0.1, -0.05) is 12.1 Å². The Bertz CT molecular complexity index is 997. The van der Waals surface area contributed by atoms with Crippen LogP contribution < -0.4 is 5.32 Å². The molecule has 1 saturated heterocycles. The molecule has 0 unspecified atom stereocenters. The van der Waals surface area contributed by atoms with E-state index >= 15 is 0 Å². The first kappa shape index (κ1) is 20.0. The summed E-state index contributed by atoms with van der Waals surface area (Å²) in [4.78, 5) is 12.9. The zero-order chi connectivity index (χ0) is 20.4. The summed E-state index contributed by atoms with van der Waals surface area (Å²) < 4.78 is 39.9. The number of fused-ring (bicyclic) bond motifs is 1. The lowest BCUT2D eigenvalue weighted by atomic mass is 9.90. The normalized spacial score (nSPS) is 18.2. The molecule has 5 nitrogen and oxygen atoms in total. The Kier molecular flexibility index (Phi) is 5.69. The molecule has 4 rings (SSSR count). The van der Waals surface area contributed by atoms with Crippen LogP contribution in [0.25, 0.3) is 0 Å². The van der Waals surface area contributed by atoms with Crippen molar-refractivity contribution in [3.8, 4) is 0 Å². The van der Waals surface area contributed by atoms with E-state index in [2.05, 4.69) is 11.4 Å². The van der Waals surface area contributed by atoms with E-state index in [1.807, 2.05) is 12.1 Å². The number of benzene rings is 2. The predicted molar refractivity (Wildman–Crippen MR) is 110 cm³/mol. The van der Waals surface area contributed by atoms with Gasteiger partial charge in [0.15, 0.2) is 0 Å². The Balaban J connectivity index is 1.40. The van der Waals surface area contributed by atoms with Gasteiger partial charge in [0.1, 0.15) is 5.82 Å². The van der Waals surface area contributed by atoms with Crippen molar-refractivity contribution in [2.45, 2.75) is 43.4 Å². The number of nitrogens with zero attached hydrogens (tertiary/aromatic N) is 1. The third-order valence-corrected chi connectivity index (χ3v) is 7.84. The molecule has 0 radical (unpaired) electrons. The standard InChI is InChI=1S/C22H25FN2O3S/c23-18-8-10-19(11-9-18)29(27,28)25-14-12-17(13-15-25)22(26)24-21-7-3-5-16-4-1-2-6-20(16)21/h3,5,7-11,17H,1-2,4,6,12-15H2,(H,24,26). The number of sulfonamides is 1. The van der Waals surface area contributed by atoms with Gasteiger partial charge in [0, 0.05) is 24.7 Å². The molecule has 1 aliphatic heterocycles. The zero-order valence-corrected chi connectivity index (χ0v) is 17.1. The summed E-state index contributed by atoms with van der Waals surface area (Å²) in [5.74, 6) is -0.723. The molecule has 1 heterocycles. The van der Waals surface area contributed by atoms with E-state index < -0.39 is 15.8 Å². The molecular formula is C22H25FN2O3S. The minimum absolute atomic E-state index is 0.0391. The van der Waals surface area contributed by atoms with Gasteiger partial charge in [-0.05, 0) is 80.0 Å². The van der Waals surface area contributed by atoms with E-state index in [-0.39, 0.29) is 29.8 Å². The number of amides is 1. The van der Waals surface area contributed by atoms with Crippen molar-refractivity contribution in [1.82, 2.24) is 4.31 Å². The van der Waals surface area contributed by atoms with Gasteiger partial charge >= 0.3 is 0 Å². The van der Waals surface area contributed by atoms with Crippen molar-refractivity contribution >= 4 is 21.6 Å². The molecule has 2 aliphatic rings. The number of aryl methyl sites for hydroxylation is 1. The smallest absolute Gasteiger partial charge is 0.243 e. The van der Waals surface area contributed by atoms with Crippen LogP contribution in [0.5, 0.6) is 0 Å². The molecule has 1 N–H and O–H groups in total. The van der Waals surface area contributed by atoms with Gasteiger partial charge < -0.3 is 5.32 Å². The minimum atomic E-state index is -3.66. The lowest BCUT2D eigenvalue weighted by Gasteiger charge is -2.31. The average Bonchev–Trinajstić information content (AvgIpc) is 2.74. The summed E-state index contributed by atoms with van der Waals surface area (Å²) in [7, 11) is -3.66. The average molecular weight is 417 g/mol. The topological polar surface area (TPSA) is 66.5 Å². The first-order valence-electron chi connectivity index (χ1n) is 10.1. The fraction of sp³-hybridized carbons (Fsp3) is 0.409. The number of nitrogens with one attached hydrogen (secondary N) is 1. The third-order valence-electron chi connectivity index (χ3n) is 5.93. The second-order valence-corrected chi connectivity index (χ2v) is 9.71. The molecule has 2 aromatic rings. The Labute approximate surface area is 171 Å². The zero-order valence-electron chi connectivity index (χ0n) is 16.2. The Hall–Kier alpha value is -2.25. The Morgan fingerprint density at radius 1 is 1.00 bits per heavy atom. The number of piperidine rings is 1. The summed E-state index contributed by atoms with van der Waals surface area (Å²) in [6.45, 7) is 0.565. The van der Waals surface area contributed by atoms with Crippen molar-refractivity contribution in [3.05, 3.63) is 59.4 Å². The Morgan fingerprint density at radius 3 is 2.41 bits per heavy atom. The molecular weight excluding hydrogens is 391 g/mol. The van der Waals surface area contributed by atoms with Crippen molar-refractivity contribution in [2.24, 2.45) is 5.92 Å². The highest BCUT2D eigenvalue weighted by atomic mass is 32.2. The lowest BCUT2D eigenvalue weighted by Crippen LogP contribution is -2.41. The van der Waals surface area contributed by atoms with Crippen LogP contribution in [0.15, 0.2) is 47.4 Å². The van der Waals surface area contributed by atoms with Gasteiger partial charge in [-0.2, -0.15) is 4.31 Å². The van der Waals surface area contributed by atoms with Crippen LogP contribution in [-0.4, -0.2) is 31.7 Å². The molecule has 29 heavy (non-hydrogen) atoms. The van der Waals surface area contributed by atoms with Crippen LogP contribution in [0.3, 0.4) is 0 Å². The second-order valence-electron chi connectivity index (χ2n) is 7.77. The molecule has 1 fully saturated rings. The molecule has 1 aliphatic carbocycles. The molecule has 154 valence electrons. The van der Waals surface area contributed by atoms with Gasteiger partial charge in [0.25, 0.3) is 0 Å². The van der Waals surface area contributed by atoms with Gasteiger partial charge in [0.2, 0.25) is 15.9 Å². The molecule has 0 bridgehead atoms. The van der Waals surface area contributed by atoms with Crippen LogP contribution in [0, 0.1) is 11.7 Å². The van der Waals surface area contributed by atoms with Gasteiger partial charge in [-0.15, -0.1) is 0 Å². The number of halogens is 1. The van der Waals surface area contributed by atoms with E-state index in [9.17, 15) is 17.6 Å². The van der Waals surface area contributed by atoms with Gasteiger partial charge in [-0.25, -0.2) is 12.8 Å². The van der Waals surface area contributed by atoms with E-state index in [1.165, 1.54) is 34.0 Å². The fourth-order valence-corrected chi connectivity index (χ4v) is 5.72. The summed E-state index contributed by atoms with van der Waals surface area (Å²) in [6, 6.07) is 10.9. The first-order chi connectivity index (χ1) is 13.9. The molecule has 0 aromatic heterocycles. The maximum atomic E-state index is 13.1. The first-order valence-corrected chi connectivity index (χ1v) is 11.6. The number of hydrogen-bond donors (Lipinski definition) is 1. The van der Waals surface area contributed by atoms with Crippen molar-refractivity contribution < 1.29 is 17.6 Å². The van der Waals surface area contributed by atoms with E-state index in [4.69, 9.17) is 0 Å². The number of hydrogen-bond acceptors (Lipinski definition) is 3. The summed E-state index contributed by atoms with van der Waals surface area (Å²) in [6.07, 6.45) is 5.31. The predicted octanol–water partition coefficient (Wildman–Crippen LogP) is 3.74. The summed E-state index contributed by atoms with van der Waals surface area (Å²) in [5, 5.41) is 3.08. The maximum Gasteiger partial charge on any atom is 0.243 e. The molecule has 0 spiro atoms. The molecule has 0 saturated carbocycles. The van der Waals surface area contributed by atoms with Crippen molar-refractivity contribution in [1.29, 1.82) is 0 Å². The Morgan fingerprint density at radius 2 is 1.69 bits per heavy atom. The largest absolute Gasteiger partial charge is 0.326 e. The lowest BCUT2D eigenvalue weighted by molar-refractivity contribution is -0.120. The minimum Gasteiger partial charge on any atom is -0.326 e. The van der Waals surface area contributed by atoms with Crippen LogP contribution >= 0.6 is 0 Å². The SMILES string of the molecule is O=C(Nc1cccc2c1CCCC2)C1CCN(S(=O)(=O)c2ccc(F)cc2)CC1. The van der Waals surface area contributed by atoms with E-state index in [0.29, 0.717) is 12.8 Å². The highest BCUT2D eigenvalue weighted by Crippen LogP contribution is 2.30. The van der Waals surface area contributed by atoms with Crippen LogP contribution in [0.2, 0.25) is 0 Å². The van der Waals surface area contributed by atoms with E-state index in [0.717, 1.165) is 37.1 Å². The van der Waals surface area contributed by atoms with Crippen LogP contribution in [-0.2, 0) is 27.7 Å². The molecule has 1 amide bonds. The second kappa shape index (κ2) is 8.24. The molecule has 7 heteroatoms. The summed E-state index contributed by atoms with van der Waals surface area (Å²) >= 11 is 0. The van der Waals surface area contributed by atoms with Gasteiger partial charge in [-0.3, -0.25) is 4.79 Å². The monoisotopic (exact) mass is 416 g/mol. The fourth-order valence-electron chi connectivity index (χ4n) is 4.25. The van der Waals surface area contributed by atoms with E-state index in [1.54, 1.807) is 0 Å². The molecule has 2 aromatic carbocycles. The van der Waals surface area contributed by atoms with Crippen LogP contribution in [0.1, 0.15) is 36.8 Å². The number of carbonyl (C=O) groups excluding carboxylic acids is 1. The third kappa shape index (κ3) is 4.21. The number of carbonyl (C=O) groups is 1. The highest BCUT2D eigenvalue weighted by molar-refractivity contribution is 7.89. The summed E-state index contributed by atoms with van der Waals surface area (Å²) in [5.41, 5.74) is 3.45. The van der Waals surface area contributed by atoms with Crippen LogP contribution in [0.4, 0.5) is 10.1 Å². The number of anilines is 1. The van der Waals surface area contributed by atoms with Crippen molar-refractivity contribution in [2.75, 3.05) is 18.4 Å². The highest BCUT2D eigenvalue weighted by Gasteiger charge is 2.32. The quantitative estimate of drug-likeness (QED) is 0.826. The van der Waals surface area contributed by atoms with Crippen molar-refractivity contribution in [3.63, 3.8) is 0 Å². The van der Waals surface area contributed by atoms with Gasteiger partial charge in [0.05, 0.1) is 4.90 Å².